The lowest BCUT2D eigenvalue weighted by molar-refractivity contribution is 0.753. The van der Waals surface area contributed by atoms with Gasteiger partial charge >= 0.3 is 0 Å². The van der Waals surface area contributed by atoms with Crippen LogP contribution in [0.4, 0.5) is 0 Å². The van der Waals surface area contributed by atoms with Crippen molar-refractivity contribution in [1.29, 1.82) is 0 Å². The Kier molecular flexibility index (Phi) is 1.89. The summed E-state index contributed by atoms with van der Waals surface area (Å²) in [5.41, 5.74) is 3.22. The molecule has 0 unspecified atom stereocenters. The first-order valence-electron chi connectivity index (χ1n) is 4.18. The first-order chi connectivity index (χ1) is 6.29. The van der Waals surface area contributed by atoms with Crippen molar-refractivity contribution in [2.75, 3.05) is 0 Å². The van der Waals surface area contributed by atoms with Crippen LogP contribution in [0.25, 0.3) is 11.1 Å². The van der Waals surface area contributed by atoms with E-state index in [1.165, 1.54) is 5.56 Å². The molecule has 1 aromatic heterocycles. The number of hydrogen-bond donors (Lipinski definition) is 0. The summed E-state index contributed by atoms with van der Waals surface area (Å²) >= 11 is 0. The molecule has 2 aromatic rings. The first-order valence-corrected chi connectivity index (χ1v) is 4.18. The van der Waals surface area contributed by atoms with Crippen molar-refractivity contribution in [3.63, 3.8) is 0 Å². The van der Waals surface area contributed by atoms with Crippen molar-refractivity contribution in [2.45, 2.75) is 0 Å². The van der Waals surface area contributed by atoms with E-state index in [-0.39, 0.29) is 0 Å². The minimum atomic E-state index is 0.950. The van der Waals surface area contributed by atoms with E-state index < -0.39 is 0 Å². The molecule has 0 atom stereocenters. The van der Waals surface area contributed by atoms with Gasteiger partial charge in [0.15, 0.2) is 0 Å². The fraction of sp³-hybridized carbons (Fsp3) is 0.0909. The Morgan fingerprint density at radius 2 is 1.92 bits per heavy atom. The summed E-state index contributed by atoms with van der Waals surface area (Å²) in [4.78, 5) is 0. The van der Waals surface area contributed by atoms with E-state index in [0.717, 1.165) is 11.3 Å². The molecule has 2 heteroatoms. The molecule has 0 saturated heterocycles. The monoisotopic (exact) mass is 171 g/mol. The molecule has 0 spiro atoms. The zero-order chi connectivity index (χ0) is 9.26. The largest absolute Gasteiger partial charge is 0.272 e. The van der Waals surface area contributed by atoms with Crippen LogP contribution in [-0.4, -0.2) is 9.78 Å². The van der Waals surface area contributed by atoms with Crippen molar-refractivity contribution >= 4 is 0 Å². The molecule has 0 amide bonds. The lowest BCUT2D eigenvalue weighted by Gasteiger charge is -1.99. The Hall–Kier alpha value is -1.57. The highest BCUT2D eigenvalue weighted by Crippen LogP contribution is 2.21. The van der Waals surface area contributed by atoms with E-state index >= 15 is 0 Å². The van der Waals surface area contributed by atoms with E-state index in [1.54, 1.807) is 4.68 Å². The Labute approximate surface area is 77.8 Å². The predicted octanol–water partition coefficient (Wildman–Crippen LogP) is 2.27. The molecular formula is C11H11N2. The van der Waals surface area contributed by atoms with Gasteiger partial charge in [-0.1, -0.05) is 30.3 Å². The smallest absolute Gasteiger partial charge is 0.0571 e. The summed E-state index contributed by atoms with van der Waals surface area (Å²) in [5.74, 6) is 0. The van der Waals surface area contributed by atoms with Gasteiger partial charge in [0.25, 0.3) is 0 Å². The average Bonchev–Trinajstić information content (AvgIpc) is 2.49. The van der Waals surface area contributed by atoms with Crippen molar-refractivity contribution < 1.29 is 0 Å². The van der Waals surface area contributed by atoms with Gasteiger partial charge in [-0.25, -0.2) is 0 Å². The second-order valence-electron chi connectivity index (χ2n) is 2.99. The second kappa shape index (κ2) is 3.05. The molecule has 2 rings (SSSR count). The van der Waals surface area contributed by atoms with E-state index in [9.17, 15) is 0 Å². The molecule has 0 bridgehead atoms. The van der Waals surface area contributed by atoms with Crippen LogP contribution < -0.4 is 0 Å². The van der Waals surface area contributed by atoms with Crippen LogP contribution in [0.15, 0.2) is 36.5 Å². The molecule has 0 fully saturated rings. The SMILES string of the molecule is [CH2]c1c(-c2ccccc2)cnn1C. The maximum atomic E-state index is 4.15. The van der Waals surface area contributed by atoms with E-state index in [0.29, 0.717) is 0 Å². The molecule has 0 saturated carbocycles. The quantitative estimate of drug-likeness (QED) is 0.643. The maximum Gasteiger partial charge on any atom is 0.0571 e. The summed E-state index contributed by atoms with van der Waals surface area (Å²) in [6, 6.07) is 10.2. The van der Waals surface area contributed by atoms with E-state index in [1.807, 2.05) is 31.4 Å². The third-order valence-electron chi connectivity index (χ3n) is 2.15. The normalized spacial score (nSPS) is 10.3. The molecule has 0 aliphatic heterocycles. The number of benzene rings is 1. The molecule has 2 nitrogen and oxygen atoms in total. The molecule has 0 aliphatic carbocycles. The van der Waals surface area contributed by atoms with Gasteiger partial charge in [-0.05, 0) is 12.5 Å². The Morgan fingerprint density at radius 3 is 2.46 bits per heavy atom. The second-order valence-corrected chi connectivity index (χ2v) is 2.99. The third-order valence-corrected chi connectivity index (χ3v) is 2.15. The van der Waals surface area contributed by atoms with Crippen LogP contribution in [0, 0.1) is 6.92 Å². The molecule has 13 heavy (non-hydrogen) atoms. The van der Waals surface area contributed by atoms with Gasteiger partial charge in [0.05, 0.1) is 6.20 Å². The molecule has 65 valence electrons. The summed E-state index contributed by atoms with van der Waals surface area (Å²) in [7, 11) is 1.90. The lowest BCUT2D eigenvalue weighted by atomic mass is 10.1. The van der Waals surface area contributed by atoms with Gasteiger partial charge in [-0.15, -0.1) is 0 Å². The molecule has 1 radical (unpaired) electrons. The summed E-state index contributed by atoms with van der Waals surface area (Å²) in [6.07, 6.45) is 1.84. The predicted molar refractivity (Wildman–Crippen MR) is 53.1 cm³/mol. The maximum absolute atomic E-state index is 4.15. The van der Waals surface area contributed by atoms with Gasteiger partial charge in [0, 0.05) is 18.3 Å². The number of rotatable bonds is 1. The highest BCUT2D eigenvalue weighted by Gasteiger charge is 2.04. The van der Waals surface area contributed by atoms with Crippen LogP contribution >= 0.6 is 0 Å². The van der Waals surface area contributed by atoms with Crippen molar-refractivity contribution in [3.8, 4) is 11.1 Å². The zero-order valence-electron chi connectivity index (χ0n) is 7.57. The molecule has 1 heterocycles. The van der Waals surface area contributed by atoms with Crippen LogP contribution in [0.5, 0.6) is 0 Å². The van der Waals surface area contributed by atoms with Crippen LogP contribution in [0.1, 0.15) is 5.69 Å². The van der Waals surface area contributed by atoms with E-state index in [4.69, 9.17) is 0 Å². The summed E-state index contributed by atoms with van der Waals surface area (Å²) in [6.45, 7) is 3.96. The van der Waals surface area contributed by atoms with Crippen molar-refractivity contribution in [3.05, 3.63) is 49.1 Å². The number of aryl methyl sites for hydroxylation is 1. The highest BCUT2D eigenvalue weighted by molar-refractivity contribution is 5.65. The Morgan fingerprint density at radius 1 is 1.23 bits per heavy atom. The van der Waals surface area contributed by atoms with Crippen LogP contribution in [-0.2, 0) is 7.05 Å². The van der Waals surface area contributed by atoms with Crippen molar-refractivity contribution in [2.24, 2.45) is 7.05 Å². The third kappa shape index (κ3) is 1.35. The van der Waals surface area contributed by atoms with Gasteiger partial charge in [0.2, 0.25) is 0 Å². The van der Waals surface area contributed by atoms with Crippen LogP contribution in [0.3, 0.4) is 0 Å². The van der Waals surface area contributed by atoms with Gasteiger partial charge in [-0.2, -0.15) is 5.10 Å². The fourth-order valence-corrected chi connectivity index (χ4v) is 1.32. The number of nitrogens with zero attached hydrogens (tertiary/aromatic N) is 2. The van der Waals surface area contributed by atoms with Crippen molar-refractivity contribution in [1.82, 2.24) is 9.78 Å². The van der Waals surface area contributed by atoms with Crippen LogP contribution in [0.2, 0.25) is 0 Å². The summed E-state index contributed by atoms with van der Waals surface area (Å²) in [5, 5.41) is 4.15. The fourth-order valence-electron chi connectivity index (χ4n) is 1.32. The van der Waals surface area contributed by atoms with Gasteiger partial charge in [0.1, 0.15) is 0 Å². The van der Waals surface area contributed by atoms with Gasteiger partial charge in [-0.3, -0.25) is 4.68 Å². The average molecular weight is 171 g/mol. The molecule has 1 aromatic carbocycles. The molecule has 0 N–H and O–H groups in total. The van der Waals surface area contributed by atoms with E-state index in [2.05, 4.69) is 24.2 Å². The molecular weight excluding hydrogens is 160 g/mol. The lowest BCUT2D eigenvalue weighted by Crippen LogP contribution is -1.92. The van der Waals surface area contributed by atoms with Gasteiger partial charge < -0.3 is 0 Å². The minimum Gasteiger partial charge on any atom is -0.272 e. The zero-order valence-corrected chi connectivity index (χ0v) is 7.57. The standard InChI is InChI=1S/C11H11N2/c1-9-11(8-12-13(9)2)10-6-4-3-5-7-10/h3-8H,1H2,2H3. The first kappa shape index (κ1) is 8.05. The topological polar surface area (TPSA) is 17.8 Å². The number of hydrogen-bond acceptors (Lipinski definition) is 1. The minimum absolute atomic E-state index is 0.950. The molecule has 0 aliphatic rings. The highest BCUT2D eigenvalue weighted by atomic mass is 15.3. The Bertz CT molecular complexity index is 401. The Balaban J connectivity index is 2.53. The number of aromatic nitrogens is 2. The summed E-state index contributed by atoms with van der Waals surface area (Å²) < 4.78 is 1.78.